The molecule has 0 unspecified atom stereocenters. The van der Waals surface area contributed by atoms with Gasteiger partial charge in [0.15, 0.2) is 5.78 Å². The molecule has 5 nitrogen and oxygen atoms in total. The molecule has 0 bridgehead atoms. The van der Waals surface area contributed by atoms with E-state index in [1.807, 2.05) is 0 Å². The Labute approximate surface area is 100 Å². The summed E-state index contributed by atoms with van der Waals surface area (Å²) in [7, 11) is -0.524. The number of ether oxygens (including phenoxy) is 1. The molecule has 1 aliphatic heterocycles. The Balaban J connectivity index is 2.47. The number of rotatable bonds is 2. The fourth-order valence-corrected chi connectivity index (χ4v) is 2.58. The Kier molecular flexibility index (Phi) is 2.92. The molecule has 1 aromatic rings. The van der Waals surface area contributed by atoms with Crippen molar-refractivity contribution in [1.29, 1.82) is 0 Å². The van der Waals surface area contributed by atoms with Crippen molar-refractivity contribution in [2.45, 2.75) is 11.3 Å². The highest BCUT2D eigenvalue weighted by atomic mass is 32.2. The van der Waals surface area contributed by atoms with Crippen LogP contribution in [-0.2, 0) is 21.2 Å². The monoisotopic (exact) mass is 255 g/mol. The number of hydrogen-bond donors (Lipinski definition) is 0. The van der Waals surface area contributed by atoms with Crippen LogP contribution < -0.4 is 4.74 Å². The van der Waals surface area contributed by atoms with E-state index < -0.39 is 10.0 Å². The standard InChI is InChI=1S/C11H13NO4S/c1-12(2)17(14,15)10-3-4-11-8(6-10)5-9(13)7-16-11/h3-4,6H,5,7H2,1-2H3. The van der Waals surface area contributed by atoms with Gasteiger partial charge < -0.3 is 4.74 Å². The third-order valence-electron chi connectivity index (χ3n) is 2.59. The lowest BCUT2D eigenvalue weighted by molar-refractivity contribution is -0.121. The van der Waals surface area contributed by atoms with Crippen molar-refractivity contribution in [3.63, 3.8) is 0 Å². The molecular weight excluding hydrogens is 242 g/mol. The van der Waals surface area contributed by atoms with Gasteiger partial charge in [-0.3, -0.25) is 4.79 Å². The summed E-state index contributed by atoms with van der Waals surface area (Å²) in [5, 5.41) is 0. The predicted octanol–water partition coefficient (Wildman–Crippen LogP) is 0.441. The first kappa shape index (κ1) is 12.1. The van der Waals surface area contributed by atoms with Gasteiger partial charge in [0.2, 0.25) is 10.0 Å². The highest BCUT2D eigenvalue weighted by Gasteiger charge is 2.22. The molecule has 0 radical (unpaired) electrons. The molecule has 0 saturated heterocycles. The van der Waals surface area contributed by atoms with Gasteiger partial charge in [0.25, 0.3) is 0 Å². The van der Waals surface area contributed by atoms with Crippen LogP contribution in [0.1, 0.15) is 5.56 Å². The number of ketones is 1. The second-order valence-electron chi connectivity index (χ2n) is 4.06. The maximum Gasteiger partial charge on any atom is 0.242 e. The van der Waals surface area contributed by atoms with Crippen molar-refractivity contribution < 1.29 is 17.9 Å². The summed E-state index contributed by atoms with van der Waals surface area (Å²) in [6, 6.07) is 4.59. The van der Waals surface area contributed by atoms with E-state index in [9.17, 15) is 13.2 Å². The molecule has 0 fully saturated rings. The Hall–Kier alpha value is -1.40. The summed E-state index contributed by atoms with van der Waals surface area (Å²) in [6.07, 6.45) is 0.228. The minimum atomic E-state index is -3.46. The molecular formula is C11H13NO4S. The quantitative estimate of drug-likeness (QED) is 0.769. The van der Waals surface area contributed by atoms with Crippen LogP contribution in [0.2, 0.25) is 0 Å². The molecule has 92 valence electrons. The first-order valence-electron chi connectivity index (χ1n) is 5.11. The Morgan fingerprint density at radius 1 is 1.29 bits per heavy atom. The Morgan fingerprint density at radius 3 is 2.65 bits per heavy atom. The summed E-state index contributed by atoms with van der Waals surface area (Å²) >= 11 is 0. The molecule has 6 heteroatoms. The van der Waals surface area contributed by atoms with E-state index in [4.69, 9.17) is 4.74 Å². The summed E-state index contributed by atoms with van der Waals surface area (Å²) < 4.78 is 30.1. The van der Waals surface area contributed by atoms with Gasteiger partial charge in [-0.1, -0.05) is 0 Å². The maximum atomic E-state index is 11.9. The predicted molar refractivity (Wildman–Crippen MR) is 61.5 cm³/mol. The van der Waals surface area contributed by atoms with Crippen LogP contribution >= 0.6 is 0 Å². The SMILES string of the molecule is CN(C)S(=O)(=O)c1ccc2c(c1)CC(=O)CO2. The van der Waals surface area contributed by atoms with E-state index in [1.165, 1.54) is 26.2 Å². The molecule has 1 heterocycles. The van der Waals surface area contributed by atoms with E-state index in [0.29, 0.717) is 11.3 Å². The summed E-state index contributed by atoms with van der Waals surface area (Å²) in [5.74, 6) is 0.541. The van der Waals surface area contributed by atoms with Crippen molar-refractivity contribution in [2.24, 2.45) is 0 Å². The summed E-state index contributed by atoms with van der Waals surface area (Å²) in [4.78, 5) is 11.4. The van der Waals surface area contributed by atoms with E-state index in [0.717, 1.165) is 4.31 Å². The van der Waals surface area contributed by atoms with E-state index >= 15 is 0 Å². The van der Waals surface area contributed by atoms with Gasteiger partial charge in [0.1, 0.15) is 12.4 Å². The second-order valence-corrected chi connectivity index (χ2v) is 6.21. The normalized spacial score (nSPS) is 15.6. The van der Waals surface area contributed by atoms with Crippen molar-refractivity contribution in [3.05, 3.63) is 23.8 Å². The second kappa shape index (κ2) is 4.12. The average Bonchev–Trinajstić information content (AvgIpc) is 2.27. The highest BCUT2D eigenvalue weighted by Crippen LogP contribution is 2.27. The third-order valence-corrected chi connectivity index (χ3v) is 4.40. The number of nitrogens with zero attached hydrogens (tertiary/aromatic N) is 1. The number of benzene rings is 1. The molecule has 0 spiro atoms. The third kappa shape index (κ3) is 2.18. The Morgan fingerprint density at radius 2 is 2.00 bits per heavy atom. The topological polar surface area (TPSA) is 63.7 Å². The van der Waals surface area contributed by atoms with Crippen molar-refractivity contribution in [1.82, 2.24) is 4.31 Å². The van der Waals surface area contributed by atoms with Crippen LogP contribution in [0.5, 0.6) is 5.75 Å². The number of sulfonamides is 1. The maximum absolute atomic E-state index is 11.9. The van der Waals surface area contributed by atoms with Gasteiger partial charge in [0, 0.05) is 26.1 Å². The van der Waals surface area contributed by atoms with Crippen LogP contribution in [0, 0.1) is 0 Å². The molecule has 1 aliphatic rings. The first-order chi connectivity index (χ1) is 7.91. The zero-order valence-electron chi connectivity index (χ0n) is 9.63. The lowest BCUT2D eigenvalue weighted by Crippen LogP contribution is -2.24. The lowest BCUT2D eigenvalue weighted by atomic mass is 10.1. The summed E-state index contributed by atoms with van der Waals surface area (Å²) in [5.41, 5.74) is 0.629. The smallest absolute Gasteiger partial charge is 0.242 e. The van der Waals surface area contributed by atoms with E-state index in [-0.39, 0.29) is 23.7 Å². The molecule has 0 aliphatic carbocycles. The Bertz CT molecular complexity index is 563. The number of carbonyl (C=O) groups excluding carboxylic acids is 1. The number of carbonyl (C=O) groups is 1. The van der Waals surface area contributed by atoms with Gasteiger partial charge in [-0.15, -0.1) is 0 Å². The van der Waals surface area contributed by atoms with Crippen LogP contribution in [0.3, 0.4) is 0 Å². The lowest BCUT2D eigenvalue weighted by Gasteiger charge is -2.18. The molecule has 2 rings (SSSR count). The van der Waals surface area contributed by atoms with Gasteiger partial charge >= 0.3 is 0 Å². The van der Waals surface area contributed by atoms with Crippen molar-refractivity contribution in [3.8, 4) is 5.75 Å². The van der Waals surface area contributed by atoms with Crippen LogP contribution in [0.25, 0.3) is 0 Å². The molecule has 0 saturated carbocycles. The summed E-state index contributed by atoms with van der Waals surface area (Å²) in [6.45, 7) is 0.0623. The number of fused-ring (bicyclic) bond motifs is 1. The van der Waals surface area contributed by atoms with E-state index in [1.54, 1.807) is 6.07 Å². The van der Waals surface area contributed by atoms with Crippen molar-refractivity contribution in [2.75, 3.05) is 20.7 Å². The molecule has 0 amide bonds. The minimum Gasteiger partial charge on any atom is -0.486 e. The van der Waals surface area contributed by atoms with Crippen LogP contribution in [0.15, 0.2) is 23.1 Å². The zero-order chi connectivity index (χ0) is 12.6. The molecule has 0 atom stereocenters. The van der Waals surface area contributed by atoms with Crippen molar-refractivity contribution >= 4 is 15.8 Å². The highest BCUT2D eigenvalue weighted by molar-refractivity contribution is 7.89. The van der Waals surface area contributed by atoms with Gasteiger partial charge in [-0.05, 0) is 18.2 Å². The largest absolute Gasteiger partial charge is 0.486 e. The molecule has 17 heavy (non-hydrogen) atoms. The molecule has 1 aromatic carbocycles. The van der Waals surface area contributed by atoms with Crippen LogP contribution in [-0.4, -0.2) is 39.2 Å². The molecule has 0 N–H and O–H groups in total. The fourth-order valence-electron chi connectivity index (χ4n) is 1.63. The first-order valence-corrected chi connectivity index (χ1v) is 6.55. The fraction of sp³-hybridized carbons (Fsp3) is 0.364. The zero-order valence-corrected chi connectivity index (χ0v) is 10.5. The van der Waals surface area contributed by atoms with Gasteiger partial charge in [0.05, 0.1) is 4.90 Å². The number of Topliss-reactive ketones (excluding diaryl/α,β-unsaturated/α-hetero) is 1. The minimum absolute atomic E-state index is 0.0445. The van der Waals surface area contributed by atoms with Gasteiger partial charge in [-0.2, -0.15) is 0 Å². The average molecular weight is 255 g/mol. The van der Waals surface area contributed by atoms with E-state index in [2.05, 4.69) is 0 Å². The number of hydrogen-bond acceptors (Lipinski definition) is 4. The van der Waals surface area contributed by atoms with Gasteiger partial charge in [-0.25, -0.2) is 12.7 Å². The van der Waals surface area contributed by atoms with Crippen LogP contribution in [0.4, 0.5) is 0 Å². The molecule has 0 aromatic heterocycles.